The summed E-state index contributed by atoms with van der Waals surface area (Å²) < 4.78 is 26.8. The Morgan fingerprint density at radius 2 is 1.90 bits per heavy atom. The molecule has 1 aromatic heterocycles. The minimum atomic E-state index is -3.56. The van der Waals surface area contributed by atoms with Crippen molar-refractivity contribution >= 4 is 10.0 Å². The molecule has 0 fully saturated rings. The topological polar surface area (TPSA) is 85.1 Å². The van der Waals surface area contributed by atoms with E-state index in [1.807, 2.05) is 6.07 Å². The first kappa shape index (κ1) is 15.2. The Labute approximate surface area is 124 Å². The van der Waals surface area contributed by atoms with Crippen LogP contribution in [0.3, 0.4) is 0 Å². The molecule has 1 aromatic carbocycles. The number of benzene rings is 1. The van der Waals surface area contributed by atoms with Crippen molar-refractivity contribution in [3.05, 3.63) is 59.9 Å². The Bertz CT molecular complexity index is 745. The molecule has 0 unspecified atom stereocenters. The summed E-state index contributed by atoms with van der Waals surface area (Å²) in [6.45, 7) is 0.420. The van der Waals surface area contributed by atoms with Crippen LogP contribution >= 0.6 is 0 Å². The van der Waals surface area contributed by atoms with Gasteiger partial charge in [-0.05, 0) is 36.4 Å². The summed E-state index contributed by atoms with van der Waals surface area (Å²) in [5.74, 6) is 5.55. The van der Waals surface area contributed by atoms with Gasteiger partial charge in [-0.25, -0.2) is 13.1 Å². The fourth-order valence-corrected chi connectivity index (χ4v) is 2.62. The number of nitrogens with one attached hydrogen (secondary N) is 1. The van der Waals surface area contributed by atoms with Gasteiger partial charge in [-0.15, -0.1) is 0 Å². The zero-order valence-corrected chi connectivity index (χ0v) is 12.1. The van der Waals surface area contributed by atoms with Crippen LogP contribution in [0.2, 0.25) is 0 Å². The van der Waals surface area contributed by atoms with E-state index in [9.17, 15) is 8.42 Å². The molecule has 2 aromatic rings. The normalized spacial score (nSPS) is 10.7. The summed E-state index contributed by atoms with van der Waals surface area (Å²) in [5, 5.41) is 0. The van der Waals surface area contributed by atoms with Gasteiger partial charge in [0, 0.05) is 11.8 Å². The van der Waals surface area contributed by atoms with Gasteiger partial charge in [0.2, 0.25) is 10.0 Å². The summed E-state index contributed by atoms with van der Waals surface area (Å²) >= 11 is 0. The molecule has 0 atom stereocenters. The second kappa shape index (κ2) is 6.99. The Morgan fingerprint density at radius 1 is 1.14 bits per heavy atom. The van der Waals surface area contributed by atoms with Crippen LogP contribution in [0.25, 0.3) is 0 Å². The van der Waals surface area contributed by atoms with Crippen LogP contribution < -0.4 is 10.5 Å². The maximum Gasteiger partial charge on any atom is 0.240 e. The van der Waals surface area contributed by atoms with Gasteiger partial charge in [-0.1, -0.05) is 17.9 Å². The first-order valence-corrected chi connectivity index (χ1v) is 7.79. The number of rotatable bonds is 4. The van der Waals surface area contributed by atoms with Crippen LogP contribution in [-0.4, -0.2) is 19.9 Å². The van der Waals surface area contributed by atoms with Gasteiger partial charge in [0.1, 0.15) is 0 Å². The number of sulfonamides is 1. The zero-order chi connectivity index (χ0) is 15.1. The lowest BCUT2D eigenvalue weighted by molar-refractivity contribution is 0.580. The van der Waals surface area contributed by atoms with Gasteiger partial charge in [0.25, 0.3) is 0 Å². The second-order valence-corrected chi connectivity index (χ2v) is 5.94. The summed E-state index contributed by atoms with van der Waals surface area (Å²) in [6.07, 6.45) is 1.62. The number of aromatic nitrogens is 1. The highest BCUT2D eigenvalue weighted by molar-refractivity contribution is 7.89. The van der Waals surface area contributed by atoms with Crippen LogP contribution in [-0.2, 0) is 16.6 Å². The SMILES string of the molecule is NCC#Cc1ccc(S(=O)(=O)NCc2ccccn2)cc1. The van der Waals surface area contributed by atoms with Gasteiger partial charge in [0.05, 0.1) is 23.7 Å². The summed E-state index contributed by atoms with van der Waals surface area (Å²) in [7, 11) is -3.56. The van der Waals surface area contributed by atoms with Crippen LogP contribution in [0.5, 0.6) is 0 Å². The van der Waals surface area contributed by atoms with Gasteiger partial charge in [-0.3, -0.25) is 4.98 Å². The molecule has 0 aliphatic heterocycles. The van der Waals surface area contributed by atoms with Crippen LogP contribution in [0.1, 0.15) is 11.3 Å². The molecule has 2 rings (SSSR count). The van der Waals surface area contributed by atoms with E-state index in [1.54, 1.807) is 30.5 Å². The molecular weight excluding hydrogens is 286 g/mol. The van der Waals surface area contributed by atoms with Gasteiger partial charge >= 0.3 is 0 Å². The lowest BCUT2D eigenvalue weighted by atomic mass is 10.2. The van der Waals surface area contributed by atoms with Crippen LogP contribution in [0.15, 0.2) is 53.6 Å². The third kappa shape index (κ3) is 4.39. The predicted octanol–water partition coefficient (Wildman–Crippen LogP) is 0.870. The van der Waals surface area contributed by atoms with E-state index in [1.165, 1.54) is 12.1 Å². The molecule has 0 radical (unpaired) electrons. The molecule has 1 heterocycles. The van der Waals surface area contributed by atoms with Crippen molar-refractivity contribution in [3.8, 4) is 11.8 Å². The average molecular weight is 301 g/mol. The minimum Gasteiger partial charge on any atom is -0.320 e. The Balaban J connectivity index is 2.09. The van der Waals surface area contributed by atoms with Crippen LogP contribution in [0.4, 0.5) is 0 Å². The summed E-state index contributed by atoms with van der Waals surface area (Å²) in [6, 6.07) is 11.7. The third-order valence-corrected chi connectivity index (χ3v) is 4.09. The molecule has 21 heavy (non-hydrogen) atoms. The van der Waals surface area contributed by atoms with E-state index >= 15 is 0 Å². The molecule has 0 saturated carbocycles. The molecule has 0 amide bonds. The van der Waals surface area contributed by atoms with Gasteiger partial charge in [0.15, 0.2) is 0 Å². The molecule has 3 N–H and O–H groups in total. The highest BCUT2D eigenvalue weighted by Crippen LogP contribution is 2.10. The Kier molecular flexibility index (Phi) is 5.06. The third-order valence-electron chi connectivity index (χ3n) is 2.67. The molecule has 0 aliphatic carbocycles. The van der Waals surface area contributed by atoms with Crippen molar-refractivity contribution in [3.63, 3.8) is 0 Å². The number of hydrogen-bond acceptors (Lipinski definition) is 4. The smallest absolute Gasteiger partial charge is 0.240 e. The lowest BCUT2D eigenvalue weighted by Crippen LogP contribution is -2.23. The minimum absolute atomic E-state index is 0.151. The van der Waals surface area contributed by atoms with Crippen LogP contribution in [0, 0.1) is 11.8 Å². The first-order valence-electron chi connectivity index (χ1n) is 6.30. The van der Waals surface area contributed by atoms with Crippen molar-refractivity contribution in [1.29, 1.82) is 0 Å². The van der Waals surface area contributed by atoms with E-state index in [2.05, 4.69) is 21.5 Å². The molecule has 5 nitrogen and oxygen atoms in total. The fraction of sp³-hybridized carbons (Fsp3) is 0.133. The van der Waals surface area contributed by atoms with E-state index in [4.69, 9.17) is 5.73 Å². The lowest BCUT2D eigenvalue weighted by Gasteiger charge is -2.06. The second-order valence-electron chi connectivity index (χ2n) is 4.18. The highest BCUT2D eigenvalue weighted by Gasteiger charge is 2.13. The number of pyridine rings is 1. The molecule has 0 spiro atoms. The zero-order valence-electron chi connectivity index (χ0n) is 11.3. The van der Waals surface area contributed by atoms with E-state index in [0.29, 0.717) is 5.69 Å². The maximum absolute atomic E-state index is 12.1. The average Bonchev–Trinajstić information content (AvgIpc) is 2.52. The molecule has 0 saturated heterocycles. The Hall–Kier alpha value is -2.20. The molecule has 0 aliphatic rings. The number of nitrogens with zero attached hydrogens (tertiary/aromatic N) is 1. The summed E-state index contributed by atoms with van der Waals surface area (Å²) in [4.78, 5) is 4.26. The van der Waals surface area contributed by atoms with E-state index in [0.717, 1.165) is 5.56 Å². The van der Waals surface area contributed by atoms with E-state index < -0.39 is 10.0 Å². The quantitative estimate of drug-likeness (QED) is 0.821. The van der Waals surface area contributed by atoms with E-state index in [-0.39, 0.29) is 18.0 Å². The van der Waals surface area contributed by atoms with Crippen molar-refractivity contribution < 1.29 is 8.42 Å². The standard InChI is InChI=1S/C15H15N3O2S/c16-10-3-4-13-6-8-15(9-7-13)21(19,20)18-12-14-5-1-2-11-17-14/h1-2,5-9,11,18H,10,12,16H2. The van der Waals surface area contributed by atoms with Gasteiger partial charge in [-0.2, -0.15) is 0 Å². The number of hydrogen-bond donors (Lipinski definition) is 2. The first-order chi connectivity index (χ1) is 10.1. The van der Waals surface area contributed by atoms with Crippen molar-refractivity contribution in [1.82, 2.24) is 9.71 Å². The van der Waals surface area contributed by atoms with Crippen molar-refractivity contribution in [2.24, 2.45) is 5.73 Å². The Morgan fingerprint density at radius 3 is 2.52 bits per heavy atom. The highest BCUT2D eigenvalue weighted by atomic mass is 32.2. The largest absolute Gasteiger partial charge is 0.320 e. The fourth-order valence-electron chi connectivity index (χ4n) is 1.63. The predicted molar refractivity (Wildman–Crippen MR) is 80.6 cm³/mol. The van der Waals surface area contributed by atoms with Crippen molar-refractivity contribution in [2.75, 3.05) is 6.54 Å². The molecule has 108 valence electrons. The maximum atomic E-state index is 12.1. The molecular formula is C15H15N3O2S. The molecule has 6 heteroatoms. The van der Waals surface area contributed by atoms with Crippen molar-refractivity contribution in [2.45, 2.75) is 11.4 Å². The monoisotopic (exact) mass is 301 g/mol. The van der Waals surface area contributed by atoms with Gasteiger partial charge < -0.3 is 5.73 Å². The summed E-state index contributed by atoms with van der Waals surface area (Å²) in [5.41, 5.74) is 6.67. The number of nitrogens with two attached hydrogens (primary N) is 1. The molecule has 0 bridgehead atoms.